The van der Waals surface area contributed by atoms with Crippen molar-refractivity contribution in [2.45, 2.75) is 112 Å². The zero-order valence-corrected chi connectivity index (χ0v) is 18.9. The Hall–Kier alpha value is -1.40. The van der Waals surface area contributed by atoms with E-state index in [4.69, 9.17) is 0 Å². The SMILES string of the molecule is CC(C)(C)C#CCCCCCC1=CCC(CCCCCC#CC(C)(C)C)=C1. The third-order valence-corrected chi connectivity index (χ3v) is 4.51. The van der Waals surface area contributed by atoms with Crippen LogP contribution in [0.25, 0.3) is 0 Å². The molecule has 0 fully saturated rings. The van der Waals surface area contributed by atoms with Gasteiger partial charge in [-0.3, -0.25) is 0 Å². The summed E-state index contributed by atoms with van der Waals surface area (Å²) in [5, 5.41) is 0. The van der Waals surface area contributed by atoms with Gasteiger partial charge < -0.3 is 0 Å². The summed E-state index contributed by atoms with van der Waals surface area (Å²) in [6.45, 7) is 13.1. The van der Waals surface area contributed by atoms with Crippen molar-refractivity contribution < 1.29 is 0 Å². The van der Waals surface area contributed by atoms with Gasteiger partial charge in [0.15, 0.2) is 0 Å². The van der Waals surface area contributed by atoms with Gasteiger partial charge in [-0.1, -0.05) is 48.0 Å². The standard InChI is InChI=1S/C27H42/c1-26(2,3)21-15-11-7-9-13-17-24-19-20-25(23-24)18-14-10-8-12-16-22-27(4,5)6/h19,23H,7-14,17-18,20H2,1-6H3. The van der Waals surface area contributed by atoms with E-state index < -0.39 is 0 Å². The Kier molecular flexibility index (Phi) is 10.6. The molecular weight excluding hydrogens is 324 g/mol. The normalized spacial score (nSPS) is 14.0. The van der Waals surface area contributed by atoms with Gasteiger partial charge in [0.05, 0.1) is 0 Å². The molecular formula is C27H42. The summed E-state index contributed by atoms with van der Waals surface area (Å²) in [6, 6.07) is 0. The van der Waals surface area contributed by atoms with Crippen LogP contribution < -0.4 is 0 Å². The van der Waals surface area contributed by atoms with E-state index in [1.807, 2.05) is 0 Å². The third-order valence-electron chi connectivity index (χ3n) is 4.51. The first kappa shape index (κ1) is 23.6. The van der Waals surface area contributed by atoms with E-state index in [-0.39, 0.29) is 10.8 Å². The predicted octanol–water partition coefficient (Wildman–Crippen LogP) is 8.24. The van der Waals surface area contributed by atoms with Gasteiger partial charge in [0.1, 0.15) is 0 Å². The van der Waals surface area contributed by atoms with Crippen LogP contribution in [0.2, 0.25) is 0 Å². The minimum atomic E-state index is 0.148. The molecule has 0 aliphatic heterocycles. The zero-order valence-electron chi connectivity index (χ0n) is 18.9. The van der Waals surface area contributed by atoms with Crippen molar-refractivity contribution in [3.63, 3.8) is 0 Å². The van der Waals surface area contributed by atoms with E-state index >= 15 is 0 Å². The maximum atomic E-state index is 3.33. The smallest absolute Gasteiger partial charge is 0.0230 e. The fourth-order valence-electron chi connectivity index (χ4n) is 3.11. The van der Waals surface area contributed by atoms with Crippen molar-refractivity contribution in [2.75, 3.05) is 0 Å². The highest BCUT2D eigenvalue weighted by Crippen LogP contribution is 2.26. The second-order valence-corrected chi connectivity index (χ2v) is 10.0. The van der Waals surface area contributed by atoms with E-state index in [0.717, 1.165) is 12.8 Å². The molecule has 0 atom stereocenters. The van der Waals surface area contributed by atoms with Crippen molar-refractivity contribution in [2.24, 2.45) is 10.8 Å². The van der Waals surface area contributed by atoms with E-state index in [1.165, 1.54) is 57.8 Å². The van der Waals surface area contributed by atoms with Crippen molar-refractivity contribution in [1.29, 1.82) is 0 Å². The van der Waals surface area contributed by atoms with Crippen molar-refractivity contribution in [3.8, 4) is 23.7 Å². The lowest BCUT2D eigenvalue weighted by atomic mass is 9.97. The van der Waals surface area contributed by atoms with Crippen LogP contribution in [0, 0.1) is 34.5 Å². The summed E-state index contributed by atoms with van der Waals surface area (Å²) >= 11 is 0. The van der Waals surface area contributed by atoms with Crippen molar-refractivity contribution >= 4 is 0 Å². The summed E-state index contributed by atoms with van der Waals surface area (Å²) in [6.07, 6.45) is 18.5. The van der Waals surface area contributed by atoms with Crippen LogP contribution in [0.1, 0.15) is 112 Å². The molecule has 0 bridgehead atoms. The maximum Gasteiger partial charge on any atom is 0.0230 e. The van der Waals surface area contributed by atoms with Crippen molar-refractivity contribution in [3.05, 3.63) is 23.3 Å². The monoisotopic (exact) mass is 366 g/mol. The molecule has 0 aromatic carbocycles. The molecule has 0 heteroatoms. The fraction of sp³-hybridized carbons (Fsp3) is 0.704. The molecule has 150 valence electrons. The fourth-order valence-corrected chi connectivity index (χ4v) is 3.11. The second-order valence-electron chi connectivity index (χ2n) is 10.0. The molecule has 1 aliphatic carbocycles. The molecule has 0 saturated carbocycles. The van der Waals surface area contributed by atoms with Gasteiger partial charge in [-0.15, -0.1) is 11.8 Å². The summed E-state index contributed by atoms with van der Waals surface area (Å²) in [7, 11) is 0. The molecule has 0 nitrogen and oxygen atoms in total. The maximum absolute atomic E-state index is 3.33. The Bertz CT molecular complexity index is 605. The number of hydrogen-bond acceptors (Lipinski definition) is 0. The third kappa shape index (κ3) is 14.3. The number of allylic oxidation sites excluding steroid dienone is 4. The Morgan fingerprint density at radius 3 is 1.74 bits per heavy atom. The summed E-state index contributed by atoms with van der Waals surface area (Å²) in [4.78, 5) is 0. The van der Waals surface area contributed by atoms with Gasteiger partial charge in [-0.25, -0.2) is 0 Å². The largest absolute Gasteiger partial charge is 0.103 e. The van der Waals surface area contributed by atoms with Crippen LogP contribution in [0.15, 0.2) is 23.3 Å². The lowest BCUT2D eigenvalue weighted by Gasteiger charge is -2.06. The number of rotatable bonds is 10. The molecule has 0 N–H and O–H groups in total. The van der Waals surface area contributed by atoms with Crippen LogP contribution in [-0.2, 0) is 0 Å². The molecule has 0 radical (unpaired) electrons. The van der Waals surface area contributed by atoms with Gasteiger partial charge >= 0.3 is 0 Å². The molecule has 0 aromatic rings. The van der Waals surface area contributed by atoms with E-state index in [9.17, 15) is 0 Å². The average molecular weight is 367 g/mol. The first-order valence-corrected chi connectivity index (χ1v) is 11.0. The van der Waals surface area contributed by atoms with Crippen LogP contribution >= 0.6 is 0 Å². The Morgan fingerprint density at radius 2 is 1.22 bits per heavy atom. The van der Waals surface area contributed by atoms with E-state index in [2.05, 4.69) is 77.4 Å². The van der Waals surface area contributed by atoms with Crippen LogP contribution in [0.3, 0.4) is 0 Å². The predicted molar refractivity (Wildman–Crippen MR) is 121 cm³/mol. The lowest BCUT2D eigenvalue weighted by Crippen LogP contribution is -1.99. The molecule has 1 rings (SSSR count). The molecule has 1 aliphatic rings. The Balaban J connectivity index is 2.06. The molecule has 0 heterocycles. The number of unbranched alkanes of at least 4 members (excludes halogenated alkanes) is 6. The topological polar surface area (TPSA) is 0 Å². The van der Waals surface area contributed by atoms with Gasteiger partial charge in [0.2, 0.25) is 0 Å². The first-order chi connectivity index (χ1) is 12.7. The van der Waals surface area contributed by atoms with Gasteiger partial charge in [0.25, 0.3) is 0 Å². The second kappa shape index (κ2) is 12.1. The zero-order chi connectivity index (χ0) is 20.2. The highest BCUT2D eigenvalue weighted by Gasteiger charge is 2.07. The number of hydrogen-bond donors (Lipinski definition) is 0. The average Bonchev–Trinajstić information content (AvgIpc) is 2.99. The highest BCUT2D eigenvalue weighted by molar-refractivity contribution is 5.32. The minimum Gasteiger partial charge on any atom is -0.103 e. The Labute approximate surface area is 170 Å². The summed E-state index contributed by atoms with van der Waals surface area (Å²) in [5.41, 5.74) is 3.51. The molecule has 0 amide bonds. The van der Waals surface area contributed by atoms with Gasteiger partial charge in [-0.05, 0) is 86.5 Å². The van der Waals surface area contributed by atoms with Gasteiger partial charge in [0, 0.05) is 23.7 Å². The first-order valence-electron chi connectivity index (χ1n) is 11.0. The van der Waals surface area contributed by atoms with Crippen LogP contribution in [-0.4, -0.2) is 0 Å². The molecule has 27 heavy (non-hydrogen) atoms. The van der Waals surface area contributed by atoms with E-state index in [0.29, 0.717) is 0 Å². The van der Waals surface area contributed by atoms with Crippen molar-refractivity contribution in [1.82, 2.24) is 0 Å². The molecule has 0 saturated heterocycles. The highest BCUT2D eigenvalue weighted by atomic mass is 14.1. The summed E-state index contributed by atoms with van der Waals surface area (Å²) < 4.78 is 0. The van der Waals surface area contributed by atoms with Crippen LogP contribution in [0.4, 0.5) is 0 Å². The summed E-state index contributed by atoms with van der Waals surface area (Å²) in [5.74, 6) is 13.3. The van der Waals surface area contributed by atoms with E-state index in [1.54, 1.807) is 11.1 Å². The van der Waals surface area contributed by atoms with Gasteiger partial charge in [-0.2, -0.15) is 0 Å². The lowest BCUT2D eigenvalue weighted by molar-refractivity contribution is 0.569. The molecule has 0 unspecified atom stereocenters. The minimum absolute atomic E-state index is 0.148. The quantitative estimate of drug-likeness (QED) is 0.270. The van der Waals surface area contributed by atoms with Crippen LogP contribution in [0.5, 0.6) is 0 Å². The Morgan fingerprint density at radius 1 is 0.704 bits per heavy atom. The molecule has 0 spiro atoms. The molecule has 0 aromatic heterocycles.